The zero-order valence-electron chi connectivity index (χ0n) is 10.0. The average molecular weight is 258 g/mol. The number of nitrogens with zero attached hydrogens (tertiary/aromatic N) is 1. The summed E-state index contributed by atoms with van der Waals surface area (Å²) in [6.45, 7) is 0.0844. The molecule has 0 radical (unpaired) electrons. The lowest BCUT2D eigenvalue weighted by Crippen LogP contribution is -2.42. The van der Waals surface area contributed by atoms with Crippen LogP contribution in [0, 0.1) is 16.7 Å². The quantitative estimate of drug-likeness (QED) is 0.800. The first-order valence-electron chi connectivity index (χ1n) is 5.77. The van der Waals surface area contributed by atoms with E-state index in [4.69, 9.17) is 5.26 Å². The number of carbonyl (C=O) groups excluding carboxylic acids is 1. The van der Waals surface area contributed by atoms with Gasteiger partial charge >= 0.3 is 0 Å². The van der Waals surface area contributed by atoms with Gasteiger partial charge in [-0.25, -0.2) is 8.42 Å². The van der Waals surface area contributed by atoms with Crippen molar-refractivity contribution >= 4 is 15.7 Å². The predicted octanol–water partition coefficient (Wildman–Crippen LogP) is 0.621. The molecule has 1 aliphatic carbocycles. The maximum absolute atomic E-state index is 11.9. The van der Waals surface area contributed by atoms with E-state index in [0.717, 1.165) is 25.5 Å². The molecule has 5 nitrogen and oxygen atoms in total. The van der Waals surface area contributed by atoms with E-state index < -0.39 is 15.3 Å². The van der Waals surface area contributed by atoms with Crippen molar-refractivity contribution in [2.24, 2.45) is 5.41 Å². The van der Waals surface area contributed by atoms with E-state index in [1.165, 1.54) is 0 Å². The molecule has 1 saturated carbocycles. The Balaban J connectivity index is 2.53. The molecule has 1 amide bonds. The Bertz CT molecular complexity index is 416. The van der Waals surface area contributed by atoms with Crippen LogP contribution in [-0.2, 0) is 14.6 Å². The van der Waals surface area contributed by atoms with Gasteiger partial charge in [0.15, 0.2) is 0 Å². The molecule has 0 aromatic carbocycles. The van der Waals surface area contributed by atoms with E-state index in [-0.39, 0.29) is 18.2 Å². The van der Waals surface area contributed by atoms with Crippen molar-refractivity contribution in [3.8, 4) is 6.07 Å². The lowest BCUT2D eigenvalue weighted by atomic mass is 9.74. The Hall–Kier alpha value is -1.09. The number of carbonyl (C=O) groups is 1. The topological polar surface area (TPSA) is 87.0 Å². The molecule has 1 N–H and O–H groups in total. The molecule has 17 heavy (non-hydrogen) atoms. The van der Waals surface area contributed by atoms with Gasteiger partial charge in [0.05, 0.1) is 11.8 Å². The summed E-state index contributed by atoms with van der Waals surface area (Å²) in [7, 11) is -3.07. The van der Waals surface area contributed by atoms with Crippen molar-refractivity contribution in [3.05, 3.63) is 0 Å². The molecular weight excluding hydrogens is 240 g/mol. The van der Waals surface area contributed by atoms with E-state index in [1.54, 1.807) is 0 Å². The zero-order valence-corrected chi connectivity index (χ0v) is 10.8. The van der Waals surface area contributed by atoms with Gasteiger partial charge in [0.1, 0.15) is 15.3 Å². The second-order valence-corrected chi connectivity index (χ2v) is 6.90. The molecular formula is C11H18N2O3S. The van der Waals surface area contributed by atoms with E-state index in [2.05, 4.69) is 11.4 Å². The van der Waals surface area contributed by atoms with Crippen molar-refractivity contribution in [1.29, 1.82) is 5.26 Å². The summed E-state index contributed by atoms with van der Waals surface area (Å²) < 4.78 is 21.8. The Kier molecular flexibility index (Phi) is 4.52. The smallest absolute Gasteiger partial charge is 0.240 e. The first kappa shape index (κ1) is 14.0. The Morgan fingerprint density at radius 2 is 1.94 bits per heavy atom. The minimum Gasteiger partial charge on any atom is -0.354 e. The summed E-state index contributed by atoms with van der Waals surface area (Å²) in [4.78, 5) is 11.9. The van der Waals surface area contributed by atoms with Crippen molar-refractivity contribution in [3.63, 3.8) is 0 Å². The molecule has 0 spiro atoms. The van der Waals surface area contributed by atoms with Gasteiger partial charge < -0.3 is 5.32 Å². The van der Waals surface area contributed by atoms with Gasteiger partial charge in [0.25, 0.3) is 0 Å². The summed E-state index contributed by atoms with van der Waals surface area (Å²) >= 11 is 0. The zero-order chi connectivity index (χ0) is 12.9. The minimum absolute atomic E-state index is 0.0831. The second-order valence-electron chi connectivity index (χ2n) is 4.64. The molecule has 0 aliphatic heterocycles. The van der Waals surface area contributed by atoms with Crippen molar-refractivity contribution in [2.75, 3.05) is 18.6 Å². The highest BCUT2D eigenvalue weighted by Crippen LogP contribution is 2.35. The molecule has 1 fully saturated rings. The number of amides is 1. The maximum Gasteiger partial charge on any atom is 0.240 e. The predicted molar refractivity (Wildman–Crippen MR) is 63.9 cm³/mol. The molecule has 0 unspecified atom stereocenters. The van der Waals surface area contributed by atoms with Crippen molar-refractivity contribution in [2.45, 2.75) is 32.1 Å². The van der Waals surface area contributed by atoms with Crippen molar-refractivity contribution < 1.29 is 13.2 Å². The van der Waals surface area contributed by atoms with E-state index in [0.29, 0.717) is 12.8 Å². The van der Waals surface area contributed by atoms with Gasteiger partial charge in [-0.05, 0) is 12.8 Å². The van der Waals surface area contributed by atoms with Gasteiger partial charge in [0.2, 0.25) is 5.91 Å². The third kappa shape index (κ3) is 4.00. The lowest BCUT2D eigenvalue weighted by molar-refractivity contribution is -0.129. The molecule has 0 bridgehead atoms. The van der Waals surface area contributed by atoms with Gasteiger partial charge in [-0.2, -0.15) is 5.26 Å². The van der Waals surface area contributed by atoms with Crippen LogP contribution in [0.5, 0.6) is 0 Å². The van der Waals surface area contributed by atoms with Gasteiger partial charge in [-0.15, -0.1) is 0 Å². The number of nitrogens with one attached hydrogen (secondary N) is 1. The average Bonchev–Trinajstić information content (AvgIpc) is 2.28. The molecule has 0 heterocycles. The maximum atomic E-state index is 11.9. The number of rotatable bonds is 4. The summed E-state index contributed by atoms with van der Waals surface area (Å²) in [6, 6.07) is 2.10. The summed E-state index contributed by atoms with van der Waals surface area (Å²) in [6.07, 6.45) is 5.10. The number of sulfone groups is 1. The van der Waals surface area contributed by atoms with Crippen LogP contribution in [0.3, 0.4) is 0 Å². The van der Waals surface area contributed by atoms with Crippen LogP contribution in [0.2, 0.25) is 0 Å². The van der Waals surface area contributed by atoms with Crippen molar-refractivity contribution in [1.82, 2.24) is 5.32 Å². The third-order valence-electron chi connectivity index (χ3n) is 3.11. The molecule has 0 atom stereocenters. The third-order valence-corrected chi connectivity index (χ3v) is 4.06. The largest absolute Gasteiger partial charge is 0.354 e. The van der Waals surface area contributed by atoms with Crippen LogP contribution >= 0.6 is 0 Å². The first-order chi connectivity index (χ1) is 7.90. The fourth-order valence-corrected chi connectivity index (χ4v) is 2.54. The summed E-state index contributed by atoms with van der Waals surface area (Å²) in [5, 5.41) is 11.7. The van der Waals surface area contributed by atoms with Crippen LogP contribution in [-0.4, -0.2) is 32.9 Å². The SMILES string of the molecule is CS(=O)(=O)CCNC(=O)C1(C#N)CCCCC1. The summed E-state index contributed by atoms with van der Waals surface area (Å²) in [5.74, 6) is -0.399. The Labute approximate surface area is 102 Å². The highest BCUT2D eigenvalue weighted by molar-refractivity contribution is 7.90. The van der Waals surface area contributed by atoms with Crippen LogP contribution in [0.4, 0.5) is 0 Å². The highest BCUT2D eigenvalue weighted by Gasteiger charge is 2.39. The van der Waals surface area contributed by atoms with Crippen LogP contribution in [0.15, 0.2) is 0 Å². The first-order valence-corrected chi connectivity index (χ1v) is 7.83. The van der Waals surface area contributed by atoms with Crippen LogP contribution in [0.25, 0.3) is 0 Å². The second kappa shape index (κ2) is 5.50. The Morgan fingerprint density at radius 1 is 1.35 bits per heavy atom. The van der Waals surface area contributed by atoms with E-state index in [9.17, 15) is 13.2 Å². The lowest BCUT2D eigenvalue weighted by Gasteiger charge is -2.29. The monoisotopic (exact) mass is 258 g/mol. The molecule has 1 aliphatic rings. The number of hydrogen-bond donors (Lipinski definition) is 1. The number of nitriles is 1. The van der Waals surface area contributed by atoms with Gasteiger partial charge in [0, 0.05) is 12.8 Å². The summed E-state index contributed by atoms with van der Waals surface area (Å²) in [5.41, 5.74) is -0.935. The fourth-order valence-electron chi connectivity index (χ4n) is 2.06. The van der Waals surface area contributed by atoms with E-state index in [1.807, 2.05) is 0 Å². The molecule has 96 valence electrons. The van der Waals surface area contributed by atoms with Gasteiger partial charge in [-0.3, -0.25) is 4.79 Å². The fraction of sp³-hybridized carbons (Fsp3) is 0.818. The van der Waals surface area contributed by atoms with E-state index >= 15 is 0 Å². The molecule has 0 saturated heterocycles. The van der Waals surface area contributed by atoms with Crippen LogP contribution in [0.1, 0.15) is 32.1 Å². The standard InChI is InChI=1S/C11H18N2O3S/c1-17(15,16)8-7-13-10(14)11(9-12)5-3-2-4-6-11/h2-8H2,1H3,(H,13,14). The van der Waals surface area contributed by atoms with Gasteiger partial charge in [-0.1, -0.05) is 19.3 Å². The normalized spacial score (nSPS) is 19.3. The minimum atomic E-state index is -3.07. The molecule has 6 heteroatoms. The number of hydrogen-bond acceptors (Lipinski definition) is 4. The highest BCUT2D eigenvalue weighted by atomic mass is 32.2. The molecule has 1 rings (SSSR count). The van der Waals surface area contributed by atoms with Crippen LogP contribution < -0.4 is 5.32 Å². The Morgan fingerprint density at radius 3 is 2.41 bits per heavy atom. The molecule has 0 aromatic heterocycles. The molecule has 0 aromatic rings.